The van der Waals surface area contributed by atoms with E-state index in [1.165, 1.54) is 6.07 Å². The first-order chi connectivity index (χ1) is 10.4. The van der Waals surface area contributed by atoms with Gasteiger partial charge in [0.1, 0.15) is 5.75 Å². The van der Waals surface area contributed by atoms with Gasteiger partial charge < -0.3 is 10.1 Å². The molecule has 0 radical (unpaired) electrons. The van der Waals surface area contributed by atoms with Gasteiger partial charge in [0.25, 0.3) is 5.91 Å². The fraction of sp³-hybridized carbons (Fsp3) is 0.235. The number of carbonyl (C=O) groups excluding carboxylic acids is 1. The Labute approximate surface area is 127 Å². The second-order valence-corrected chi connectivity index (χ2v) is 5.15. The number of aryl methyl sites for hydroxylation is 2. The van der Waals surface area contributed by atoms with Gasteiger partial charge in [0.05, 0.1) is 0 Å². The van der Waals surface area contributed by atoms with Crippen molar-refractivity contribution in [3.8, 4) is 5.75 Å². The van der Waals surface area contributed by atoms with E-state index in [2.05, 4.69) is 5.32 Å². The van der Waals surface area contributed by atoms with Crippen molar-refractivity contribution in [2.24, 2.45) is 0 Å². The zero-order chi connectivity index (χ0) is 16.3. The Kier molecular flexibility index (Phi) is 4.75. The summed E-state index contributed by atoms with van der Waals surface area (Å²) in [5.41, 5.74) is 2.20. The van der Waals surface area contributed by atoms with Crippen LogP contribution in [0.1, 0.15) is 18.1 Å². The molecule has 1 N–H and O–H groups in total. The van der Waals surface area contributed by atoms with Gasteiger partial charge in [0, 0.05) is 11.8 Å². The van der Waals surface area contributed by atoms with E-state index in [4.69, 9.17) is 4.74 Å². The summed E-state index contributed by atoms with van der Waals surface area (Å²) in [5, 5.41) is 2.49. The van der Waals surface area contributed by atoms with Crippen molar-refractivity contribution in [1.29, 1.82) is 0 Å². The molecule has 0 aromatic heterocycles. The van der Waals surface area contributed by atoms with Gasteiger partial charge in [-0.1, -0.05) is 17.7 Å². The number of rotatable bonds is 4. The molecule has 0 bridgehead atoms. The second-order valence-electron chi connectivity index (χ2n) is 5.15. The fourth-order valence-corrected chi connectivity index (χ4v) is 1.99. The molecule has 2 aromatic carbocycles. The van der Waals surface area contributed by atoms with Crippen LogP contribution in [0, 0.1) is 25.5 Å². The third-order valence-corrected chi connectivity index (χ3v) is 3.19. The number of benzene rings is 2. The average Bonchev–Trinajstić information content (AvgIpc) is 2.45. The topological polar surface area (TPSA) is 38.3 Å². The third kappa shape index (κ3) is 3.81. The van der Waals surface area contributed by atoms with E-state index in [1.807, 2.05) is 26.0 Å². The molecular weight excluding hydrogens is 288 g/mol. The quantitative estimate of drug-likeness (QED) is 0.927. The molecule has 2 rings (SSSR count). The van der Waals surface area contributed by atoms with Crippen LogP contribution in [0.2, 0.25) is 0 Å². The highest BCUT2D eigenvalue weighted by atomic mass is 19.2. The van der Waals surface area contributed by atoms with Crippen LogP contribution in [-0.2, 0) is 4.79 Å². The number of hydrogen-bond donors (Lipinski definition) is 1. The lowest BCUT2D eigenvalue weighted by Crippen LogP contribution is -2.30. The van der Waals surface area contributed by atoms with Gasteiger partial charge in [-0.05, 0) is 44.5 Å². The molecule has 0 aliphatic heterocycles. The molecule has 0 saturated carbocycles. The largest absolute Gasteiger partial charge is 0.481 e. The van der Waals surface area contributed by atoms with Crippen LogP contribution in [0.4, 0.5) is 14.5 Å². The van der Waals surface area contributed by atoms with E-state index in [0.29, 0.717) is 5.75 Å². The number of ether oxygens (including phenoxy) is 1. The summed E-state index contributed by atoms with van der Waals surface area (Å²) in [6.45, 7) is 5.45. The molecule has 0 saturated heterocycles. The summed E-state index contributed by atoms with van der Waals surface area (Å²) in [6.07, 6.45) is -0.769. The van der Waals surface area contributed by atoms with Gasteiger partial charge in [0.2, 0.25) is 0 Å². The summed E-state index contributed by atoms with van der Waals surface area (Å²) in [5.74, 6) is -1.80. The standard InChI is InChI=1S/C17H17F2NO2/c1-10-4-7-16(11(2)8-10)22-12(3)17(21)20-13-5-6-14(18)15(19)9-13/h4-9,12H,1-3H3,(H,20,21). The average molecular weight is 305 g/mol. The molecule has 0 fully saturated rings. The molecule has 1 atom stereocenters. The van der Waals surface area contributed by atoms with Crippen LogP contribution in [-0.4, -0.2) is 12.0 Å². The maximum absolute atomic E-state index is 13.1. The van der Waals surface area contributed by atoms with Gasteiger partial charge in [-0.2, -0.15) is 0 Å². The Balaban J connectivity index is 2.04. The fourth-order valence-electron chi connectivity index (χ4n) is 1.99. The number of carbonyl (C=O) groups is 1. The molecule has 0 heterocycles. The number of anilines is 1. The predicted molar refractivity (Wildman–Crippen MR) is 81.0 cm³/mol. The summed E-state index contributed by atoms with van der Waals surface area (Å²) in [6, 6.07) is 8.82. The minimum atomic E-state index is -1.01. The number of nitrogens with one attached hydrogen (secondary N) is 1. The van der Waals surface area contributed by atoms with Crippen LogP contribution >= 0.6 is 0 Å². The lowest BCUT2D eigenvalue weighted by Gasteiger charge is -2.16. The van der Waals surface area contributed by atoms with E-state index < -0.39 is 23.6 Å². The van der Waals surface area contributed by atoms with Crippen molar-refractivity contribution < 1.29 is 18.3 Å². The Morgan fingerprint density at radius 2 is 1.82 bits per heavy atom. The SMILES string of the molecule is Cc1ccc(OC(C)C(=O)Nc2ccc(F)c(F)c2)c(C)c1. The van der Waals surface area contributed by atoms with Crippen molar-refractivity contribution in [3.63, 3.8) is 0 Å². The van der Waals surface area contributed by atoms with Crippen LogP contribution in [0.25, 0.3) is 0 Å². The first kappa shape index (κ1) is 15.9. The van der Waals surface area contributed by atoms with E-state index in [1.54, 1.807) is 13.0 Å². The number of amides is 1. The predicted octanol–water partition coefficient (Wildman–Crippen LogP) is 3.99. The van der Waals surface area contributed by atoms with E-state index in [0.717, 1.165) is 23.3 Å². The Bertz CT molecular complexity index is 701. The Morgan fingerprint density at radius 1 is 1.09 bits per heavy atom. The number of hydrogen-bond acceptors (Lipinski definition) is 2. The van der Waals surface area contributed by atoms with Crippen LogP contribution < -0.4 is 10.1 Å². The molecule has 0 aliphatic carbocycles. The first-order valence-electron chi connectivity index (χ1n) is 6.86. The third-order valence-electron chi connectivity index (χ3n) is 3.19. The van der Waals surface area contributed by atoms with Gasteiger partial charge in [0.15, 0.2) is 17.7 Å². The lowest BCUT2D eigenvalue weighted by molar-refractivity contribution is -0.122. The van der Waals surface area contributed by atoms with E-state index in [9.17, 15) is 13.6 Å². The van der Waals surface area contributed by atoms with Gasteiger partial charge in [-0.3, -0.25) is 4.79 Å². The van der Waals surface area contributed by atoms with Crippen molar-refractivity contribution in [2.75, 3.05) is 5.32 Å². The van der Waals surface area contributed by atoms with Crippen molar-refractivity contribution >= 4 is 11.6 Å². The molecule has 1 unspecified atom stereocenters. The van der Waals surface area contributed by atoms with Crippen LogP contribution in [0.15, 0.2) is 36.4 Å². The van der Waals surface area contributed by atoms with Crippen LogP contribution in [0.3, 0.4) is 0 Å². The molecule has 5 heteroatoms. The highest BCUT2D eigenvalue weighted by Crippen LogP contribution is 2.20. The zero-order valence-corrected chi connectivity index (χ0v) is 12.6. The molecular formula is C17H17F2NO2. The monoisotopic (exact) mass is 305 g/mol. The smallest absolute Gasteiger partial charge is 0.265 e. The lowest BCUT2D eigenvalue weighted by atomic mass is 10.1. The maximum Gasteiger partial charge on any atom is 0.265 e. The van der Waals surface area contributed by atoms with Gasteiger partial charge in [-0.25, -0.2) is 8.78 Å². The van der Waals surface area contributed by atoms with Crippen molar-refractivity contribution in [2.45, 2.75) is 26.9 Å². The summed E-state index contributed by atoms with van der Waals surface area (Å²) < 4.78 is 31.6. The van der Waals surface area contributed by atoms with E-state index >= 15 is 0 Å². The Hall–Kier alpha value is -2.43. The van der Waals surface area contributed by atoms with Gasteiger partial charge in [-0.15, -0.1) is 0 Å². The zero-order valence-electron chi connectivity index (χ0n) is 12.6. The minimum absolute atomic E-state index is 0.181. The molecule has 22 heavy (non-hydrogen) atoms. The molecule has 116 valence electrons. The van der Waals surface area contributed by atoms with Crippen molar-refractivity contribution in [1.82, 2.24) is 0 Å². The summed E-state index contributed by atoms with van der Waals surface area (Å²) in [7, 11) is 0. The highest BCUT2D eigenvalue weighted by Gasteiger charge is 2.16. The second kappa shape index (κ2) is 6.56. The minimum Gasteiger partial charge on any atom is -0.481 e. The Morgan fingerprint density at radius 3 is 2.45 bits per heavy atom. The van der Waals surface area contributed by atoms with Crippen LogP contribution in [0.5, 0.6) is 5.75 Å². The summed E-state index contributed by atoms with van der Waals surface area (Å²) >= 11 is 0. The maximum atomic E-state index is 13.1. The molecule has 0 spiro atoms. The molecule has 2 aromatic rings. The molecule has 0 aliphatic rings. The first-order valence-corrected chi connectivity index (χ1v) is 6.86. The van der Waals surface area contributed by atoms with Gasteiger partial charge >= 0.3 is 0 Å². The van der Waals surface area contributed by atoms with E-state index in [-0.39, 0.29) is 5.69 Å². The molecule has 1 amide bonds. The summed E-state index contributed by atoms with van der Waals surface area (Å²) in [4.78, 5) is 12.0. The van der Waals surface area contributed by atoms with Crippen molar-refractivity contribution in [3.05, 3.63) is 59.2 Å². The highest BCUT2D eigenvalue weighted by molar-refractivity contribution is 5.94. The molecule has 3 nitrogen and oxygen atoms in total. The normalized spacial score (nSPS) is 11.9. The number of halogens is 2.